The van der Waals surface area contributed by atoms with E-state index in [0.29, 0.717) is 11.1 Å². The van der Waals surface area contributed by atoms with E-state index in [1.165, 1.54) is 12.1 Å². The van der Waals surface area contributed by atoms with E-state index in [1.807, 2.05) is 6.07 Å². The molecule has 19 heavy (non-hydrogen) atoms. The van der Waals surface area contributed by atoms with E-state index < -0.39 is 5.82 Å². The summed E-state index contributed by atoms with van der Waals surface area (Å²) in [6.07, 6.45) is 1.63. The normalized spacial score (nSPS) is 10.6. The molecule has 0 aliphatic heterocycles. The average molecular weight is 255 g/mol. The van der Waals surface area contributed by atoms with Gasteiger partial charge in [-0.1, -0.05) is 24.3 Å². The third-order valence-corrected chi connectivity index (χ3v) is 2.84. The Hall–Kier alpha value is -2.69. The number of anilines is 1. The zero-order valence-electron chi connectivity index (χ0n) is 9.85. The Labute approximate surface area is 108 Å². The lowest BCUT2D eigenvalue weighted by Gasteiger charge is -2.06. The van der Waals surface area contributed by atoms with E-state index in [4.69, 9.17) is 0 Å². The first-order valence-corrected chi connectivity index (χ1v) is 5.73. The Bertz CT molecular complexity index is 751. The smallest absolute Gasteiger partial charge is 0.257 e. The first kappa shape index (κ1) is 11.4. The van der Waals surface area contributed by atoms with Crippen LogP contribution in [0.1, 0.15) is 10.4 Å². The first-order chi connectivity index (χ1) is 9.25. The number of para-hydroxylation sites is 2. The summed E-state index contributed by atoms with van der Waals surface area (Å²) in [4.78, 5) is 12.2. The molecule has 3 aromatic rings. The lowest BCUT2D eigenvalue weighted by molar-refractivity contribution is 0.102. The molecule has 4 nitrogen and oxygen atoms in total. The van der Waals surface area contributed by atoms with Crippen molar-refractivity contribution in [1.82, 2.24) is 10.2 Å². The molecule has 94 valence electrons. The van der Waals surface area contributed by atoms with Gasteiger partial charge in [0, 0.05) is 5.39 Å². The van der Waals surface area contributed by atoms with Crippen LogP contribution in [0.5, 0.6) is 0 Å². The fraction of sp³-hybridized carbons (Fsp3) is 0. The lowest BCUT2D eigenvalue weighted by Crippen LogP contribution is -2.13. The van der Waals surface area contributed by atoms with Crippen molar-refractivity contribution < 1.29 is 9.18 Å². The number of nitrogens with one attached hydrogen (secondary N) is 2. The molecule has 0 saturated carbocycles. The van der Waals surface area contributed by atoms with E-state index in [9.17, 15) is 9.18 Å². The molecule has 2 N–H and O–H groups in total. The molecule has 1 amide bonds. The summed E-state index contributed by atoms with van der Waals surface area (Å²) in [6, 6.07) is 11.3. The molecule has 0 aliphatic carbocycles. The Morgan fingerprint density at radius 2 is 2.00 bits per heavy atom. The van der Waals surface area contributed by atoms with Crippen molar-refractivity contribution >= 4 is 22.5 Å². The van der Waals surface area contributed by atoms with Gasteiger partial charge in [-0.25, -0.2) is 4.39 Å². The highest BCUT2D eigenvalue weighted by molar-refractivity contribution is 6.11. The monoisotopic (exact) mass is 255 g/mol. The van der Waals surface area contributed by atoms with Gasteiger partial charge < -0.3 is 5.32 Å². The average Bonchev–Trinajstić information content (AvgIpc) is 2.89. The van der Waals surface area contributed by atoms with Crippen LogP contribution in [0.3, 0.4) is 0 Å². The van der Waals surface area contributed by atoms with Crippen LogP contribution in [0.25, 0.3) is 10.9 Å². The van der Waals surface area contributed by atoms with Gasteiger partial charge in [0.2, 0.25) is 0 Å². The van der Waals surface area contributed by atoms with Gasteiger partial charge in [0.1, 0.15) is 5.82 Å². The summed E-state index contributed by atoms with van der Waals surface area (Å²) in [5.74, 6) is -0.840. The summed E-state index contributed by atoms with van der Waals surface area (Å²) in [5, 5.41) is 10.0. The van der Waals surface area contributed by atoms with Gasteiger partial charge >= 0.3 is 0 Å². The SMILES string of the molecule is O=C(Nc1ccccc1F)c1cccc2cn[nH]c12. The number of carbonyl (C=O) groups is 1. The number of benzene rings is 2. The minimum Gasteiger partial charge on any atom is -0.319 e. The van der Waals surface area contributed by atoms with E-state index in [0.717, 1.165) is 5.39 Å². The molecular weight excluding hydrogens is 245 g/mol. The molecule has 0 saturated heterocycles. The number of nitrogens with zero attached hydrogens (tertiary/aromatic N) is 1. The van der Waals surface area contributed by atoms with Crippen molar-refractivity contribution in [1.29, 1.82) is 0 Å². The highest BCUT2D eigenvalue weighted by atomic mass is 19.1. The number of H-pyrrole nitrogens is 1. The fourth-order valence-corrected chi connectivity index (χ4v) is 1.91. The zero-order chi connectivity index (χ0) is 13.2. The number of rotatable bonds is 2. The summed E-state index contributed by atoms with van der Waals surface area (Å²) in [6.45, 7) is 0. The van der Waals surface area contributed by atoms with Crippen molar-refractivity contribution in [3.05, 3.63) is 60.0 Å². The summed E-state index contributed by atoms with van der Waals surface area (Å²) in [7, 11) is 0. The number of aromatic nitrogens is 2. The molecule has 0 unspecified atom stereocenters. The van der Waals surface area contributed by atoms with Gasteiger partial charge in [-0.2, -0.15) is 5.10 Å². The predicted molar refractivity (Wildman–Crippen MR) is 70.4 cm³/mol. The van der Waals surface area contributed by atoms with Crippen LogP contribution >= 0.6 is 0 Å². The predicted octanol–water partition coefficient (Wildman–Crippen LogP) is 2.95. The highest BCUT2D eigenvalue weighted by Gasteiger charge is 2.12. The van der Waals surface area contributed by atoms with Crippen molar-refractivity contribution in [2.75, 3.05) is 5.32 Å². The second-order valence-electron chi connectivity index (χ2n) is 4.07. The molecule has 0 radical (unpaired) electrons. The van der Waals surface area contributed by atoms with Gasteiger partial charge in [-0.05, 0) is 18.2 Å². The molecule has 1 heterocycles. The summed E-state index contributed by atoms with van der Waals surface area (Å²) >= 11 is 0. The Morgan fingerprint density at radius 1 is 1.16 bits per heavy atom. The number of aromatic amines is 1. The molecule has 0 fully saturated rings. The van der Waals surface area contributed by atoms with E-state index in [2.05, 4.69) is 15.5 Å². The van der Waals surface area contributed by atoms with Crippen LogP contribution in [-0.4, -0.2) is 16.1 Å². The first-order valence-electron chi connectivity index (χ1n) is 5.73. The molecule has 0 spiro atoms. The molecular formula is C14H10FN3O. The fourth-order valence-electron chi connectivity index (χ4n) is 1.91. The molecule has 5 heteroatoms. The lowest BCUT2D eigenvalue weighted by atomic mass is 10.1. The van der Waals surface area contributed by atoms with Gasteiger partial charge in [0.15, 0.2) is 0 Å². The largest absolute Gasteiger partial charge is 0.319 e. The minimum atomic E-state index is -0.465. The molecule has 3 rings (SSSR count). The van der Waals surface area contributed by atoms with Crippen LogP contribution in [-0.2, 0) is 0 Å². The van der Waals surface area contributed by atoms with E-state index in [-0.39, 0.29) is 11.6 Å². The second kappa shape index (κ2) is 4.53. The maximum atomic E-state index is 13.5. The van der Waals surface area contributed by atoms with E-state index >= 15 is 0 Å². The number of carbonyl (C=O) groups excluding carboxylic acids is 1. The van der Waals surface area contributed by atoms with Crippen molar-refractivity contribution in [3.63, 3.8) is 0 Å². The standard InChI is InChI=1S/C14H10FN3O/c15-11-6-1-2-7-12(11)17-14(19)10-5-3-4-9-8-16-18-13(9)10/h1-8H,(H,16,18)(H,17,19). The quantitative estimate of drug-likeness (QED) is 0.739. The van der Waals surface area contributed by atoms with Crippen LogP contribution in [0.15, 0.2) is 48.7 Å². The van der Waals surface area contributed by atoms with Gasteiger partial charge in [0.25, 0.3) is 5.91 Å². The molecule has 2 aromatic carbocycles. The second-order valence-corrected chi connectivity index (χ2v) is 4.07. The number of amides is 1. The van der Waals surface area contributed by atoms with Crippen LogP contribution in [0, 0.1) is 5.82 Å². The van der Waals surface area contributed by atoms with Crippen LogP contribution in [0.2, 0.25) is 0 Å². The summed E-state index contributed by atoms with van der Waals surface area (Å²) < 4.78 is 13.5. The van der Waals surface area contributed by atoms with Crippen LogP contribution < -0.4 is 5.32 Å². The molecule has 0 atom stereocenters. The number of hydrogen-bond acceptors (Lipinski definition) is 2. The van der Waals surface area contributed by atoms with Gasteiger partial charge in [-0.3, -0.25) is 9.89 Å². The number of hydrogen-bond donors (Lipinski definition) is 2. The topological polar surface area (TPSA) is 57.8 Å². The maximum Gasteiger partial charge on any atom is 0.257 e. The Kier molecular flexibility index (Phi) is 2.72. The van der Waals surface area contributed by atoms with Gasteiger partial charge in [0.05, 0.1) is 23.0 Å². The van der Waals surface area contributed by atoms with Gasteiger partial charge in [-0.15, -0.1) is 0 Å². The van der Waals surface area contributed by atoms with Crippen LogP contribution in [0.4, 0.5) is 10.1 Å². The van der Waals surface area contributed by atoms with E-state index in [1.54, 1.807) is 30.5 Å². The zero-order valence-corrected chi connectivity index (χ0v) is 9.85. The number of fused-ring (bicyclic) bond motifs is 1. The molecule has 0 aliphatic rings. The van der Waals surface area contributed by atoms with Crippen molar-refractivity contribution in [3.8, 4) is 0 Å². The third kappa shape index (κ3) is 2.06. The Morgan fingerprint density at radius 3 is 2.84 bits per heavy atom. The van der Waals surface area contributed by atoms with Crippen molar-refractivity contribution in [2.24, 2.45) is 0 Å². The molecule has 0 bridgehead atoms. The van der Waals surface area contributed by atoms with Crippen molar-refractivity contribution in [2.45, 2.75) is 0 Å². The highest BCUT2D eigenvalue weighted by Crippen LogP contribution is 2.18. The minimum absolute atomic E-state index is 0.156. The number of halogens is 1. The maximum absolute atomic E-state index is 13.5. The summed E-state index contributed by atoms with van der Waals surface area (Å²) in [5.41, 5.74) is 1.22. The third-order valence-electron chi connectivity index (χ3n) is 2.84. The Balaban J connectivity index is 1.97. The molecule has 1 aromatic heterocycles.